The molecule has 4 heteroatoms. The second-order valence-electron chi connectivity index (χ2n) is 3.83. The Morgan fingerprint density at radius 1 is 0.444 bits per heavy atom. The van der Waals surface area contributed by atoms with Crippen molar-refractivity contribution in [2.75, 3.05) is 0 Å². The van der Waals surface area contributed by atoms with Gasteiger partial charge in [0.25, 0.3) is 0 Å². The molecule has 0 spiro atoms. The van der Waals surface area contributed by atoms with Crippen molar-refractivity contribution in [3.05, 3.63) is 61.7 Å². The predicted octanol–water partition coefficient (Wildman–Crippen LogP) is 2.60. The third-order valence-electron chi connectivity index (χ3n) is 2.67. The Hall–Kier alpha value is -2.62. The van der Waals surface area contributed by atoms with Gasteiger partial charge in [-0.05, 0) is 11.1 Å². The van der Waals surface area contributed by atoms with E-state index in [0.717, 1.165) is 22.3 Å². The topological polar surface area (TPSA) is 51.6 Å². The molecule has 86 valence electrons. The minimum absolute atomic E-state index is 1.01. The van der Waals surface area contributed by atoms with E-state index in [-0.39, 0.29) is 0 Å². The normalized spacial score (nSPS) is 10.2. The minimum Gasteiger partial charge on any atom is -0.244 e. The number of aromatic nitrogens is 4. The lowest BCUT2D eigenvalue weighted by Crippen LogP contribution is -1.84. The summed E-state index contributed by atoms with van der Waals surface area (Å²) in [6.07, 6.45) is 10.3. The predicted molar refractivity (Wildman–Crippen MR) is 68.5 cm³/mol. The van der Waals surface area contributed by atoms with Gasteiger partial charge in [0.2, 0.25) is 0 Å². The van der Waals surface area contributed by atoms with Crippen molar-refractivity contribution in [1.82, 2.24) is 19.9 Å². The zero-order valence-corrected chi connectivity index (χ0v) is 9.56. The van der Waals surface area contributed by atoms with Crippen LogP contribution in [0.5, 0.6) is 0 Å². The molecule has 0 aliphatic rings. The molecule has 0 aliphatic heterocycles. The van der Waals surface area contributed by atoms with Gasteiger partial charge < -0.3 is 0 Å². The van der Waals surface area contributed by atoms with E-state index < -0.39 is 0 Å². The van der Waals surface area contributed by atoms with E-state index in [9.17, 15) is 0 Å². The van der Waals surface area contributed by atoms with Gasteiger partial charge in [-0.25, -0.2) is 19.9 Å². The average Bonchev–Trinajstić information content (AvgIpc) is 2.49. The first-order valence-corrected chi connectivity index (χ1v) is 5.54. The summed E-state index contributed by atoms with van der Waals surface area (Å²) in [5.74, 6) is 0. The third-order valence-corrected chi connectivity index (χ3v) is 2.67. The van der Waals surface area contributed by atoms with Gasteiger partial charge in [-0.1, -0.05) is 24.3 Å². The van der Waals surface area contributed by atoms with Gasteiger partial charge in [0.1, 0.15) is 12.7 Å². The maximum atomic E-state index is 4.01. The van der Waals surface area contributed by atoms with Gasteiger partial charge >= 0.3 is 0 Å². The zero-order chi connectivity index (χ0) is 12.2. The van der Waals surface area contributed by atoms with Crippen LogP contribution in [0.25, 0.3) is 22.3 Å². The lowest BCUT2D eigenvalue weighted by Gasteiger charge is -2.03. The molecule has 2 aromatic heterocycles. The molecule has 0 radical (unpaired) electrons. The van der Waals surface area contributed by atoms with Crippen LogP contribution in [0, 0.1) is 0 Å². The van der Waals surface area contributed by atoms with Gasteiger partial charge in [-0.3, -0.25) is 0 Å². The van der Waals surface area contributed by atoms with Crippen LogP contribution < -0.4 is 0 Å². The van der Waals surface area contributed by atoms with E-state index in [0.29, 0.717) is 0 Å². The molecule has 0 bridgehead atoms. The Balaban J connectivity index is 1.95. The summed E-state index contributed by atoms with van der Waals surface area (Å²) < 4.78 is 0. The highest BCUT2D eigenvalue weighted by molar-refractivity contribution is 5.68. The summed E-state index contributed by atoms with van der Waals surface area (Å²) in [5.41, 5.74) is 4.20. The Morgan fingerprint density at radius 3 is 1.11 bits per heavy atom. The van der Waals surface area contributed by atoms with Crippen LogP contribution in [0.1, 0.15) is 0 Å². The Kier molecular flexibility index (Phi) is 2.75. The van der Waals surface area contributed by atoms with Crippen molar-refractivity contribution in [2.24, 2.45) is 0 Å². The molecule has 3 rings (SSSR count). The summed E-state index contributed by atoms with van der Waals surface area (Å²) in [7, 11) is 0. The number of hydrogen-bond donors (Lipinski definition) is 0. The van der Waals surface area contributed by atoms with Crippen LogP contribution in [0.4, 0.5) is 0 Å². The maximum absolute atomic E-state index is 4.01. The Labute approximate surface area is 104 Å². The number of rotatable bonds is 2. The molecule has 0 N–H and O–H groups in total. The first-order valence-electron chi connectivity index (χ1n) is 5.54. The Bertz CT molecular complexity index is 562. The molecule has 3 aromatic rings. The van der Waals surface area contributed by atoms with Gasteiger partial charge in [-0.15, -0.1) is 0 Å². The molecule has 0 amide bonds. The van der Waals surface area contributed by atoms with E-state index in [1.54, 1.807) is 24.8 Å². The van der Waals surface area contributed by atoms with E-state index in [1.807, 2.05) is 24.3 Å². The van der Waals surface area contributed by atoms with Crippen LogP contribution in [-0.2, 0) is 0 Å². The summed E-state index contributed by atoms with van der Waals surface area (Å²) in [5, 5.41) is 0. The molecule has 4 nitrogen and oxygen atoms in total. The molecule has 0 fully saturated rings. The summed E-state index contributed by atoms with van der Waals surface area (Å²) in [6.45, 7) is 0. The zero-order valence-electron chi connectivity index (χ0n) is 9.56. The van der Waals surface area contributed by atoms with E-state index in [4.69, 9.17) is 0 Å². The molecule has 0 saturated carbocycles. The molecule has 0 aliphatic carbocycles. The maximum Gasteiger partial charge on any atom is 0.115 e. The third kappa shape index (κ3) is 2.08. The SMILES string of the molecule is c1ncc(-c2ccc(-c3cncnc3)cc2)cn1. The highest BCUT2D eigenvalue weighted by Crippen LogP contribution is 2.22. The second kappa shape index (κ2) is 4.71. The van der Waals surface area contributed by atoms with Crippen LogP contribution in [0.2, 0.25) is 0 Å². The van der Waals surface area contributed by atoms with Crippen molar-refractivity contribution >= 4 is 0 Å². The van der Waals surface area contributed by atoms with Crippen molar-refractivity contribution < 1.29 is 0 Å². The smallest absolute Gasteiger partial charge is 0.115 e. The molecular weight excluding hydrogens is 224 g/mol. The molecular formula is C14H10N4. The fraction of sp³-hybridized carbons (Fsp3) is 0. The van der Waals surface area contributed by atoms with Crippen molar-refractivity contribution in [3.63, 3.8) is 0 Å². The first-order chi connectivity index (χ1) is 8.93. The molecule has 0 unspecified atom stereocenters. The van der Waals surface area contributed by atoms with Crippen LogP contribution in [0.15, 0.2) is 61.7 Å². The van der Waals surface area contributed by atoms with Gasteiger partial charge in [0, 0.05) is 35.9 Å². The molecule has 2 heterocycles. The summed E-state index contributed by atoms with van der Waals surface area (Å²) in [4.78, 5) is 16.0. The van der Waals surface area contributed by atoms with E-state index in [1.165, 1.54) is 12.7 Å². The molecule has 0 atom stereocenters. The molecule has 1 aromatic carbocycles. The Morgan fingerprint density at radius 2 is 0.778 bits per heavy atom. The highest BCUT2D eigenvalue weighted by atomic mass is 14.8. The molecule has 18 heavy (non-hydrogen) atoms. The number of hydrogen-bond acceptors (Lipinski definition) is 4. The van der Waals surface area contributed by atoms with Crippen molar-refractivity contribution in [1.29, 1.82) is 0 Å². The highest BCUT2D eigenvalue weighted by Gasteiger charge is 2.00. The van der Waals surface area contributed by atoms with Crippen molar-refractivity contribution in [3.8, 4) is 22.3 Å². The fourth-order valence-corrected chi connectivity index (χ4v) is 1.75. The second-order valence-corrected chi connectivity index (χ2v) is 3.83. The minimum atomic E-state index is 1.01. The lowest BCUT2D eigenvalue weighted by atomic mass is 10.0. The quantitative estimate of drug-likeness (QED) is 0.684. The van der Waals surface area contributed by atoms with Crippen LogP contribution in [0.3, 0.4) is 0 Å². The van der Waals surface area contributed by atoms with Gasteiger partial charge in [0.15, 0.2) is 0 Å². The number of nitrogens with zero attached hydrogens (tertiary/aromatic N) is 4. The van der Waals surface area contributed by atoms with Gasteiger partial charge in [-0.2, -0.15) is 0 Å². The standard InChI is InChI=1S/C14H10N4/c1-2-12(14-7-17-10-18-8-14)4-3-11(1)13-5-15-9-16-6-13/h1-10H. The van der Waals surface area contributed by atoms with Crippen molar-refractivity contribution in [2.45, 2.75) is 0 Å². The fourth-order valence-electron chi connectivity index (χ4n) is 1.75. The van der Waals surface area contributed by atoms with Crippen LogP contribution >= 0.6 is 0 Å². The van der Waals surface area contributed by atoms with E-state index >= 15 is 0 Å². The first kappa shape index (κ1) is 10.5. The average molecular weight is 234 g/mol. The number of benzene rings is 1. The summed E-state index contributed by atoms with van der Waals surface area (Å²) in [6, 6.07) is 8.17. The van der Waals surface area contributed by atoms with Gasteiger partial charge in [0.05, 0.1) is 0 Å². The monoisotopic (exact) mass is 234 g/mol. The largest absolute Gasteiger partial charge is 0.244 e. The van der Waals surface area contributed by atoms with E-state index in [2.05, 4.69) is 19.9 Å². The summed E-state index contributed by atoms with van der Waals surface area (Å²) >= 11 is 0. The van der Waals surface area contributed by atoms with Crippen LogP contribution in [-0.4, -0.2) is 19.9 Å². The lowest BCUT2D eigenvalue weighted by molar-refractivity contribution is 1.17. The molecule has 0 saturated heterocycles.